The summed E-state index contributed by atoms with van der Waals surface area (Å²) in [4.78, 5) is 55.9. The normalized spacial score (nSPS) is 17.9. The Bertz CT molecular complexity index is 2280. The van der Waals surface area contributed by atoms with Crippen LogP contribution >= 0.6 is 0 Å². The second-order valence-corrected chi connectivity index (χ2v) is 11.4. The van der Waals surface area contributed by atoms with E-state index in [2.05, 4.69) is 25.0 Å². The molecule has 3 aromatic heterocycles. The molecule has 52 heavy (non-hydrogen) atoms. The van der Waals surface area contributed by atoms with Gasteiger partial charge in [-0.15, -0.1) is 0 Å². The van der Waals surface area contributed by atoms with E-state index in [1.807, 2.05) is 0 Å². The molecule has 0 bridgehead atoms. The van der Waals surface area contributed by atoms with Crippen LogP contribution in [0.15, 0.2) is 127 Å². The number of fused-ring (bicyclic) bond motifs is 1. The highest BCUT2D eigenvalue weighted by Crippen LogP contribution is 2.41. The number of azide groups is 1. The van der Waals surface area contributed by atoms with Gasteiger partial charge in [-0.3, -0.25) is 4.98 Å². The zero-order valence-corrected chi connectivity index (χ0v) is 26.9. The number of carbonyl (C=O) groups excluding carboxylic acids is 3. The summed E-state index contributed by atoms with van der Waals surface area (Å²) < 4.78 is 39.7. The fourth-order valence-electron chi connectivity index (χ4n) is 5.79. The van der Waals surface area contributed by atoms with E-state index in [-0.39, 0.29) is 39.2 Å². The first-order chi connectivity index (χ1) is 25.4. The maximum atomic E-state index is 13.9. The van der Waals surface area contributed by atoms with E-state index < -0.39 is 54.9 Å². The molecule has 1 saturated heterocycles. The molecule has 14 nitrogen and oxygen atoms in total. The summed E-state index contributed by atoms with van der Waals surface area (Å²) in [5.41, 5.74) is 10.8. The lowest BCUT2D eigenvalue weighted by atomic mass is 10.1. The van der Waals surface area contributed by atoms with Crippen LogP contribution in [0.4, 0.5) is 10.2 Å². The Balaban J connectivity index is 1.35. The first kappa shape index (κ1) is 33.5. The van der Waals surface area contributed by atoms with E-state index in [9.17, 15) is 24.3 Å². The van der Waals surface area contributed by atoms with Crippen LogP contribution in [0.3, 0.4) is 0 Å². The molecule has 0 unspecified atom stereocenters. The summed E-state index contributed by atoms with van der Waals surface area (Å²) in [6, 6.07) is 27.2. The molecule has 3 aromatic carbocycles. The second kappa shape index (κ2) is 14.9. The minimum absolute atomic E-state index is 0.0661. The van der Waals surface area contributed by atoms with Crippen molar-refractivity contribution in [2.24, 2.45) is 5.11 Å². The van der Waals surface area contributed by atoms with Crippen molar-refractivity contribution in [1.82, 2.24) is 19.5 Å². The van der Waals surface area contributed by atoms with Crippen LogP contribution in [0, 0.1) is 5.82 Å². The van der Waals surface area contributed by atoms with Crippen LogP contribution in [0.1, 0.15) is 37.3 Å². The third-order valence-corrected chi connectivity index (χ3v) is 8.19. The van der Waals surface area contributed by atoms with Gasteiger partial charge in [0.15, 0.2) is 18.4 Å². The van der Waals surface area contributed by atoms with Crippen molar-refractivity contribution in [3.63, 3.8) is 0 Å². The molecule has 0 aliphatic carbocycles. The number of aromatic nitrogens is 4. The summed E-state index contributed by atoms with van der Waals surface area (Å²) in [7, 11) is 0. The Morgan fingerprint density at radius 1 is 0.788 bits per heavy atom. The summed E-state index contributed by atoms with van der Waals surface area (Å²) in [6.07, 6.45) is -1.45. The number of esters is 3. The monoisotopic (exact) mass is 699 g/mol. The Morgan fingerprint density at radius 3 is 1.96 bits per heavy atom. The molecular formula is C37H26FN7O7. The van der Waals surface area contributed by atoms with Gasteiger partial charge in [0.05, 0.1) is 34.0 Å². The highest BCUT2D eigenvalue weighted by molar-refractivity contribution is 5.99. The van der Waals surface area contributed by atoms with E-state index >= 15 is 0 Å². The first-order valence-corrected chi connectivity index (χ1v) is 15.8. The van der Waals surface area contributed by atoms with Gasteiger partial charge in [-0.1, -0.05) is 54.6 Å². The van der Waals surface area contributed by atoms with E-state index in [1.165, 1.54) is 16.7 Å². The highest BCUT2D eigenvalue weighted by atomic mass is 19.1. The topological polar surface area (TPSA) is 180 Å². The molecule has 0 N–H and O–H groups in total. The molecule has 1 fully saturated rings. The predicted octanol–water partition coefficient (Wildman–Crippen LogP) is 6.78. The Labute approximate surface area is 294 Å². The molecule has 258 valence electrons. The number of hydrogen-bond acceptors (Lipinski definition) is 11. The van der Waals surface area contributed by atoms with Crippen molar-refractivity contribution in [3.8, 4) is 11.3 Å². The van der Waals surface area contributed by atoms with Crippen LogP contribution in [-0.4, -0.2) is 62.3 Å². The quantitative estimate of drug-likeness (QED) is 0.0486. The average Bonchev–Trinajstić information content (AvgIpc) is 3.73. The maximum Gasteiger partial charge on any atom is 0.338 e. The number of benzene rings is 3. The smallest absolute Gasteiger partial charge is 0.338 e. The molecule has 4 atom stereocenters. The first-order valence-electron chi connectivity index (χ1n) is 15.8. The number of hydrogen-bond donors (Lipinski definition) is 0. The van der Waals surface area contributed by atoms with Gasteiger partial charge in [-0.2, -0.15) is 0 Å². The minimum Gasteiger partial charge on any atom is -0.459 e. The number of rotatable bonds is 10. The lowest BCUT2D eigenvalue weighted by Crippen LogP contribution is -2.41. The van der Waals surface area contributed by atoms with E-state index in [0.29, 0.717) is 5.56 Å². The summed E-state index contributed by atoms with van der Waals surface area (Å²) >= 11 is 0. The molecule has 1 aliphatic heterocycles. The fourth-order valence-corrected chi connectivity index (χ4v) is 5.79. The molecule has 15 heteroatoms. The number of carbonyl (C=O) groups is 3. The van der Waals surface area contributed by atoms with Crippen molar-refractivity contribution in [2.75, 3.05) is 6.61 Å². The molecule has 0 amide bonds. The second-order valence-electron chi connectivity index (χ2n) is 11.4. The maximum absolute atomic E-state index is 13.9. The van der Waals surface area contributed by atoms with Gasteiger partial charge < -0.3 is 23.5 Å². The fraction of sp³-hybridized carbons (Fsp3) is 0.135. The van der Waals surface area contributed by atoms with E-state index in [0.717, 1.165) is 12.5 Å². The molecule has 0 spiro atoms. The minimum atomic E-state index is -1.37. The highest BCUT2D eigenvalue weighted by Gasteiger charge is 2.52. The largest absolute Gasteiger partial charge is 0.459 e. The number of nitrogens with zero attached hydrogens (tertiary/aromatic N) is 7. The van der Waals surface area contributed by atoms with Gasteiger partial charge in [0, 0.05) is 16.7 Å². The number of pyridine rings is 1. The van der Waals surface area contributed by atoms with Crippen molar-refractivity contribution in [2.45, 2.75) is 24.5 Å². The summed E-state index contributed by atoms with van der Waals surface area (Å²) in [6.45, 7) is -0.416. The SMILES string of the molecule is [N-]=[N+]=Nc1ncnc2c1c(-c1ccc(F)cn1)cn2[C@@H]1O[C@H](COC(=O)c2ccccc2)[C@@H](OC(=O)c2ccccc2)[C@H]1OC(=O)c1ccccc1. The van der Waals surface area contributed by atoms with Crippen molar-refractivity contribution >= 4 is 34.8 Å². The van der Waals surface area contributed by atoms with Crippen LogP contribution in [0.2, 0.25) is 0 Å². The Kier molecular flexibility index (Phi) is 9.60. The molecule has 4 heterocycles. The Morgan fingerprint density at radius 2 is 1.38 bits per heavy atom. The molecular weight excluding hydrogens is 673 g/mol. The lowest BCUT2D eigenvalue weighted by molar-refractivity contribution is -0.0604. The standard InChI is InChI=1S/C37H26FN7O7/c38-25-16-17-27(40-18-25)26-19-45(33-29(26)32(43-44-39)41-21-42-33)34-31(52-37(48)24-14-8-3-9-15-24)30(51-36(47)23-12-6-2-7-13-23)28(50-34)20-49-35(46)22-10-4-1-5-11-22/h1-19,21,28,30-31,34H,20H2/t28-,30-,31-,34-/m1/s1. The van der Waals surface area contributed by atoms with Gasteiger partial charge in [-0.05, 0) is 59.2 Å². The summed E-state index contributed by atoms with van der Waals surface area (Å²) in [5, 5.41) is 3.96. The van der Waals surface area contributed by atoms with Crippen LogP contribution in [0.5, 0.6) is 0 Å². The number of ether oxygens (including phenoxy) is 4. The number of halogens is 1. The van der Waals surface area contributed by atoms with Crippen LogP contribution < -0.4 is 0 Å². The molecule has 0 saturated carbocycles. The third-order valence-electron chi connectivity index (χ3n) is 8.19. The van der Waals surface area contributed by atoms with Crippen molar-refractivity contribution in [3.05, 3.63) is 155 Å². The van der Waals surface area contributed by atoms with Gasteiger partial charge in [0.25, 0.3) is 0 Å². The van der Waals surface area contributed by atoms with Crippen molar-refractivity contribution in [1.29, 1.82) is 0 Å². The molecule has 7 rings (SSSR count). The van der Waals surface area contributed by atoms with E-state index in [4.69, 9.17) is 18.9 Å². The van der Waals surface area contributed by atoms with Crippen molar-refractivity contribution < 1.29 is 37.7 Å². The lowest BCUT2D eigenvalue weighted by Gasteiger charge is -2.25. The van der Waals surface area contributed by atoms with Gasteiger partial charge >= 0.3 is 17.9 Å². The third kappa shape index (κ3) is 6.89. The summed E-state index contributed by atoms with van der Waals surface area (Å²) in [5.74, 6) is -2.83. The molecule has 0 radical (unpaired) electrons. The average molecular weight is 700 g/mol. The van der Waals surface area contributed by atoms with Gasteiger partial charge in [0.1, 0.15) is 36.3 Å². The zero-order valence-electron chi connectivity index (χ0n) is 26.9. The van der Waals surface area contributed by atoms with Gasteiger partial charge in [0.2, 0.25) is 0 Å². The van der Waals surface area contributed by atoms with Crippen LogP contribution in [0.25, 0.3) is 32.7 Å². The molecule has 1 aliphatic rings. The zero-order chi connectivity index (χ0) is 36.0. The van der Waals surface area contributed by atoms with E-state index in [1.54, 1.807) is 97.2 Å². The molecule has 6 aromatic rings. The Hall–Kier alpha value is -6.96. The van der Waals surface area contributed by atoms with Gasteiger partial charge in [-0.25, -0.2) is 28.7 Å². The van der Waals surface area contributed by atoms with Crippen LogP contribution in [-0.2, 0) is 18.9 Å². The predicted molar refractivity (Wildman–Crippen MR) is 181 cm³/mol.